The van der Waals surface area contributed by atoms with Crippen molar-refractivity contribution in [3.63, 3.8) is 0 Å². The monoisotopic (exact) mass is 225 g/mol. The van der Waals surface area contributed by atoms with Crippen LogP contribution in [0.15, 0.2) is 18.3 Å². The van der Waals surface area contributed by atoms with Crippen LogP contribution >= 0.6 is 11.6 Å². The summed E-state index contributed by atoms with van der Waals surface area (Å²) >= 11 is 6.04. The van der Waals surface area contributed by atoms with Gasteiger partial charge in [-0.15, -0.1) is 0 Å². The number of nitrogens with one attached hydrogen (secondary N) is 2. The van der Waals surface area contributed by atoms with Gasteiger partial charge in [0.1, 0.15) is 5.82 Å². The summed E-state index contributed by atoms with van der Waals surface area (Å²) in [6.07, 6.45) is 5.46. The molecular formula is C11H16ClN3. The molecule has 1 aliphatic heterocycles. The van der Waals surface area contributed by atoms with Crippen LogP contribution in [-0.4, -0.2) is 24.1 Å². The van der Waals surface area contributed by atoms with Crippen molar-refractivity contribution in [2.75, 3.05) is 18.4 Å². The summed E-state index contributed by atoms with van der Waals surface area (Å²) in [5.74, 6) is 0.799. The third kappa shape index (κ3) is 3.08. The lowest BCUT2D eigenvalue weighted by atomic mass is 10.1. The van der Waals surface area contributed by atoms with Crippen LogP contribution in [0.5, 0.6) is 0 Å². The van der Waals surface area contributed by atoms with Gasteiger partial charge in [-0.05, 0) is 31.5 Å². The summed E-state index contributed by atoms with van der Waals surface area (Å²) in [6, 6.07) is 4.15. The highest BCUT2D eigenvalue weighted by Gasteiger charge is 2.12. The highest BCUT2D eigenvalue weighted by molar-refractivity contribution is 6.32. The van der Waals surface area contributed by atoms with E-state index in [4.69, 9.17) is 11.6 Å². The number of pyridine rings is 1. The largest absolute Gasteiger partial charge is 0.365 e. The van der Waals surface area contributed by atoms with E-state index in [-0.39, 0.29) is 0 Å². The molecule has 1 unspecified atom stereocenters. The molecule has 0 aliphatic carbocycles. The van der Waals surface area contributed by atoms with Gasteiger partial charge in [0.25, 0.3) is 0 Å². The van der Waals surface area contributed by atoms with Crippen molar-refractivity contribution in [3.05, 3.63) is 23.4 Å². The van der Waals surface area contributed by atoms with Gasteiger partial charge in [0, 0.05) is 18.8 Å². The lowest BCUT2D eigenvalue weighted by Gasteiger charge is -2.17. The fourth-order valence-corrected chi connectivity index (χ4v) is 2.00. The molecule has 3 nitrogen and oxygen atoms in total. The van der Waals surface area contributed by atoms with Gasteiger partial charge >= 0.3 is 0 Å². The molecule has 2 N–H and O–H groups in total. The molecule has 0 spiro atoms. The molecule has 2 rings (SSSR count). The molecule has 0 bridgehead atoms. The lowest BCUT2D eigenvalue weighted by molar-refractivity contribution is 0.634. The van der Waals surface area contributed by atoms with Gasteiger partial charge in [-0.25, -0.2) is 4.98 Å². The molecule has 0 aromatic carbocycles. The molecule has 1 aromatic rings. The minimum atomic E-state index is 0.444. The van der Waals surface area contributed by atoms with Crippen LogP contribution in [-0.2, 0) is 0 Å². The average Bonchev–Trinajstić information content (AvgIpc) is 2.50. The van der Waals surface area contributed by atoms with Gasteiger partial charge in [0.05, 0.1) is 5.02 Å². The first-order chi connectivity index (χ1) is 7.36. The Labute approximate surface area is 95.2 Å². The molecule has 1 saturated heterocycles. The van der Waals surface area contributed by atoms with Crippen LogP contribution in [0.1, 0.15) is 19.3 Å². The van der Waals surface area contributed by atoms with Crippen LogP contribution in [0.4, 0.5) is 5.82 Å². The fraction of sp³-hybridized carbons (Fsp3) is 0.545. The van der Waals surface area contributed by atoms with Gasteiger partial charge in [-0.1, -0.05) is 18.0 Å². The zero-order valence-corrected chi connectivity index (χ0v) is 9.43. The molecule has 82 valence electrons. The first-order valence-corrected chi connectivity index (χ1v) is 5.82. The van der Waals surface area contributed by atoms with Gasteiger partial charge in [-0.2, -0.15) is 0 Å². The molecule has 1 fully saturated rings. The summed E-state index contributed by atoms with van der Waals surface area (Å²) in [5.41, 5.74) is 0. The van der Waals surface area contributed by atoms with E-state index >= 15 is 0 Å². The van der Waals surface area contributed by atoms with Gasteiger partial charge < -0.3 is 10.6 Å². The number of anilines is 1. The van der Waals surface area contributed by atoms with Crippen LogP contribution < -0.4 is 10.6 Å². The number of aromatic nitrogens is 1. The number of rotatable bonds is 2. The van der Waals surface area contributed by atoms with Crippen molar-refractivity contribution < 1.29 is 0 Å². The molecule has 0 radical (unpaired) electrons. The van der Waals surface area contributed by atoms with E-state index < -0.39 is 0 Å². The second kappa shape index (κ2) is 5.33. The average molecular weight is 226 g/mol. The van der Waals surface area contributed by atoms with Crippen molar-refractivity contribution in [2.45, 2.75) is 25.3 Å². The van der Waals surface area contributed by atoms with Gasteiger partial charge in [0.2, 0.25) is 0 Å². The summed E-state index contributed by atoms with van der Waals surface area (Å²) in [4.78, 5) is 4.23. The number of halogens is 1. The Kier molecular flexibility index (Phi) is 3.80. The first kappa shape index (κ1) is 10.7. The van der Waals surface area contributed by atoms with E-state index in [0.717, 1.165) is 18.9 Å². The minimum absolute atomic E-state index is 0.444. The fourth-order valence-electron chi connectivity index (χ4n) is 1.83. The zero-order valence-electron chi connectivity index (χ0n) is 8.67. The smallest absolute Gasteiger partial charge is 0.145 e. The van der Waals surface area contributed by atoms with Gasteiger partial charge in [0.15, 0.2) is 0 Å². The molecule has 2 heterocycles. The van der Waals surface area contributed by atoms with Crippen molar-refractivity contribution in [1.29, 1.82) is 0 Å². The highest BCUT2D eigenvalue weighted by atomic mass is 35.5. The van der Waals surface area contributed by atoms with Crippen molar-refractivity contribution >= 4 is 17.4 Å². The Balaban J connectivity index is 1.98. The summed E-state index contributed by atoms with van der Waals surface area (Å²) in [5, 5.41) is 7.48. The van der Waals surface area contributed by atoms with E-state index in [1.165, 1.54) is 19.3 Å². The van der Waals surface area contributed by atoms with Crippen LogP contribution in [0.3, 0.4) is 0 Å². The Hall–Kier alpha value is -0.800. The Morgan fingerprint density at radius 1 is 1.47 bits per heavy atom. The van der Waals surface area contributed by atoms with Crippen LogP contribution in [0.2, 0.25) is 5.02 Å². The van der Waals surface area contributed by atoms with E-state index in [1.54, 1.807) is 6.20 Å². The number of hydrogen-bond acceptors (Lipinski definition) is 3. The highest BCUT2D eigenvalue weighted by Crippen LogP contribution is 2.19. The zero-order chi connectivity index (χ0) is 10.5. The molecule has 1 atom stereocenters. The SMILES string of the molecule is Clc1cccnc1NC1CCCCNC1. The predicted molar refractivity (Wildman–Crippen MR) is 63.4 cm³/mol. The maximum atomic E-state index is 6.04. The Morgan fingerprint density at radius 2 is 2.40 bits per heavy atom. The maximum absolute atomic E-state index is 6.04. The van der Waals surface area contributed by atoms with Crippen LogP contribution in [0, 0.1) is 0 Å². The molecule has 0 saturated carbocycles. The molecule has 0 amide bonds. The molecule has 4 heteroatoms. The molecule has 1 aliphatic rings. The first-order valence-electron chi connectivity index (χ1n) is 5.44. The predicted octanol–water partition coefficient (Wildman–Crippen LogP) is 2.29. The lowest BCUT2D eigenvalue weighted by Crippen LogP contribution is -2.31. The summed E-state index contributed by atoms with van der Waals surface area (Å²) in [7, 11) is 0. The van der Waals surface area contributed by atoms with Gasteiger partial charge in [-0.3, -0.25) is 0 Å². The Bertz CT molecular complexity index is 308. The normalized spacial score (nSPS) is 22.1. The van der Waals surface area contributed by atoms with E-state index in [0.29, 0.717) is 11.1 Å². The molecule has 1 aromatic heterocycles. The third-order valence-corrected chi connectivity index (χ3v) is 2.95. The second-order valence-corrected chi connectivity index (χ2v) is 4.28. The minimum Gasteiger partial charge on any atom is -0.365 e. The van der Waals surface area contributed by atoms with E-state index in [2.05, 4.69) is 15.6 Å². The van der Waals surface area contributed by atoms with Crippen LogP contribution in [0.25, 0.3) is 0 Å². The van der Waals surface area contributed by atoms with Crippen molar-refractivity contribution in [1.82, 2.24) is 10.3 Å². The summed E-state index contributed by atoms with van der Waals surface area (Å²) < 4.78 is 0. The second-order valence-electron chi connectivity index (χ2n) is 3.87. The topological polar surface area (TPSA) is 37.0 Å². The standard InChI is InChI=1S/C11H16ClN3/c12-10-5-3-7-14-11(10)15-9-4-1-2-6-13-8-9/h3,5,7,9,13H,1-2,4,6,8H2,(H,14,15). The van der Waals surface area contributed by atoms with Crippen molar-refractivity contribution in [2.24, 2.45) is 0 Å². The summed E-state index contributed by atoms with van der Waals surface area (Å²) in [6.45, 7) is 2.11. The number of nitrogens with zero attached hydrogens (tertiary/aromatic N) is 1. The number of hydrogen-bond donors (Lipinski definition) is 2. The molecular weight excluding hydrogens is 210 g/mol. The van der Waals surface area contributed by atoms with E-state index in [1.807, 2.05) is 12.1 Å². The quantitative estimate of drug-likeness (QED) is 0.811. The van der Waals surface area contributed by atoms with E-state index in [9.17, 15) is 0 Å². The Morgan fingerprint density at radius 3 is 3.27 bits per heavy atom. The molecule has 15 heavy (non-hydrogen) atoms. The third-order valence-electron chi connectivity index (χ3n) is 2.65. The van der Waals surface area contributed by atoms with Crippen molar-refractivity contribution in [3.8, 4) is 0 Å². The maximum Gasteiger partial charge on any atom is 0.145 e.